The molecule has 7 atom stereocenters. The second kappa shape index (κ2) is 16.0. The maximum absolute atomic E-state index is 13.3. The largest absolute Gasteiger partial charge is 0.481 e. The van der Waals surface area contributed by atoms with E-state index in [-0.39, 0.29) is 48.8 Å². The Balaban J connectivity index is 1.27. The van der Waals surface area contributed by atoms with Gasteiger partial charge in [0.1, 0.15) is 17.6 Å². The monoisotopic (exact) mass is 586 g/mol. The number of ketones is 1. The average molecular weight is 587 g/mol. The van der Waals surface area contributed by atoms with Crippen LogP contribution in [0.1, 0.15) is 89.0 Å². The molecule has 9 nitrogen and oxygen atoms in total. The number of carbonyl (C=O) groups excluding carboxylic acids is 1. The minimum Gasteiger partial charge on any atom is -0.481 e. The van der Waals surface area contributed by atoms with Crippen LogP contribution in [0.4, 0.5) is 0 Å². The molecule has 9 heteroatoms. The molecule has 5 rings (SSSR count). The van der Waals surface area contributed by atoms with Gasteiger partial charge >= 0.3 is 5.97 Å². The average Bonchev–Trinajstić information content (AvgIpc) is 3.30. The molecule has 4 aliphatic rings. The van der Waals surface area contributed by atoms with Crippen LogP contribution in [0.5, 0.6) is 5.75 Å². The van der Waals surface area contributed by atoms with Gasteiger partial charge in [-0.2, -0.15) is 0 Å². The second-order valence-corrected chi connectivity index (χ2v) is 11.9. The van der Waals surface area contributed by atoms with Crippen LogP contribution in [-0.2, 0) is 39.9 Å². The lowest BCUT2D eigenvalue weighted by Crippen LogP contribution is -2.42. The molecule has 1 aromatic rings. The Bertz CT molecular complexity index is 1030. The molecule has 3 aliphatic heterocycles. The van der Waals surface area contributed by atoms with Gasteiger partial charge in [-0.15, -0.1) is 0 Å². The van der Waals surface area contributed by atoms with Crippen LogP contribution in [0.2, 0.25) is 0 Å². The molecular formula is C33H46O9. The van der Waals surface area contributed by atoms with Gasteiger partial charge in [-0.3, -0.25) is 9.59 Å². The number of rotatable bonds is 14. The van der Waals surface area contributed by atoms with Crippen LogP contribution in [0.15, 0.2) is 36.4 Å². The molecule has 1 aromatic carbocycles. The van der Waals surface area contributed by atoms with Crippen molar-refractivity contribution in [3.05, 3.63) is 42.0 Å². The number of hydrogen-bond donors (Lipinski definition) is 1. The fourth-order valence-corrected chi connectivity index (χ4v) is 6.48. The molecule has 0 aromatic heterocycles. The lowest BCUT2D eigenvalue weighted by atomic mass is 9.86. The zero-order valence-corrected chi connectivity index (χ0v) is 24.5. The lowest BCUT2D eigenvalue weighted by Gasteiger charge is -2.36. The number of aliphatic carboxylic acids is 1. The smallest absolute Gasteiger partial charge is 0.303 e. The van der Waals surface area contributed by atoms with Crippen molar-refractivity contribution in [1.82, 2.24) is 0 Å². The Morgan fingerprint density at radius 1 is 1.02 bits per heavy atom. The number of carboxylic acid groups (broad SMARTS) is 1. The highest BCUT2D eigenvalue weighted by Gasteiger charge is 2.44. The van der Waals surface area contributed by atoms with Crippen LogP contribution in [0.3, 0.4) is 0 Å². The molecule has 42 heavy (non-hydrogen) atoms. The number of unbranched alkanes of at least 4 members (excludes halogenated alkanes) is 1. The Kier molecular flexibility index (Phi) is 11.8. The highest BCUT2D eigenvalue weighted by molar-refractivity contribution is 5.84. The van der Waals surface area contributed by atoms with Gasteiger partial charge < -0.3 is 33.5 Å². The number of carboxylic acids is 1. The maximum Gasteiger partial charge on any atom is 0.303 e. The summed E-state index contributed by atoms with van der Waals surface area (Å²) in [5.41, 5.74) is 1.01. The normalized spacial score (nSPS) is 30.6. The number of para-hydroxylation sites is 1. The van der Waals surface area contributed by atoms with Gasteiger partial charge in [0, 0.05) is 37.5 Å². The van der Waals surface area contributed by atoms with E-state index in [4.69, 9.17) is 33.5 Å². The number of allylic oxidation sites excluding steroid dienone is 2. The van der Waals surface area contributed by atoms with Gasteiger partial charge in [-0.25, -0.2) is 0 Å². The van der Waals surface area contributed by atoms with Crippen molar-refractivity contribution in [2.75, 3.05) is 13.2 Å². The van der Waals surface area contributed by atoms with Crippen molar-refractivity contribution in [2.24, 2.45) is 11.8 Å². The number of fused-ring (bicyclic) bond motifs is 1. The van der Waals surface area contributed by atoms with Gasteiger partial charge in [0.15, 0.2) is 12.6 Å². The Hall–Kier alpha value is -2.30. The Labute approximate surface area is 248 Å². The van der Waals surface area contributed by atoms with E-state index in [0.29, 0.717) is 58.3 Å². The molecule has 0 spiro atoms. The van der Waals surface area contributed by atoms with Crippen LogP contribution < -0.4 is 4.74 Å². The fourth-order valence-electron chi connectivity index (χ4n) is 6.48. The van der Waals surface area contributed by atoms with Crippen LogP contribution in [0.25, 0.3) is 0 Å². The summed E-state index contributed by atoms with van der Waals surface area (Å²) in [7, 11) is 0. The molecule has 3 unspecified atom stereocenters. The third-order valence-corrected chi connectivity index (χ3v) is 8.76. The van der Waals surface area contributed by atoms with Crippen molar-refractivity contribution < 1.29 is 43.1 Å². The minimum atomic E-state index is -0.788. The first-order valence-corrected chi connectivity index (χ1v) is 15.9. The summed E-state index contributed by atoms with van der Waals surface area (Å²) in [6, 6.07) is 7.90. The fraction of sp³-hybridized carbons (Fsp3) is 0.697. The summed E-state index contributed by atoms with van der Waals surface area (Å²) in [5, 5.41) is 8.90. The summed E-state index contributed by atoms with van der Waals surface area (Å²) in [5.74, 6) is 0.0626. The number of Topliss-reactive ketones (excluding diaryl/α,β-unsaturated/α-hetero) is 1. The Morgan fingerprint density at radius 3 is 2.57 bits per heavy atom. The molecule has 1 saturated carbocycles. The van der Waals surface area contributed by atoms with Crippen molar-refractivity contribution >= 4 is 11.8 Å². The van der Waals surface area contributed by atoms with E-state index in [9.17, 15) is 9.59 Å². The topological polar surface area (TPSA) is 110 Å². The van der Waals surface area contributed by atoms with Crippen molar-refractivity contribution in [2.45, 2.75) is 121 Å². The third-order valence-electron chi connectivity index (χ3n) is 8.76. The van der Waals surface area contributed by atoms with Crippen LogP contribution in [0, 0.1) is 11.8 Å². The number of carbonyl (C=O) groups is 2. The predicted octanol–water partition coefficient (Wildman–Crippen LogP) is 5.93. The molecule has 0 radical (unpaired) electrons. The quantitative estimate of drug-likeness (QED) is 0.209. The van der Waals surface area contributed by atoms with Crippen molar-refractivity contribution in [3.8, 4) is 5.75 Å². The van der Waals surface area contributed by atoms with E-state index in [1.165, 1.54) is 0 Å². The Morgan fingerprint density at radius 2 is 1.81 bits per heavy atom. The maximum atomic E-state index is 13.3. The zero-order valence-electron chi connectivity index (χ0n) is 24.5. The molecule has 3 fully saturated rings. The third kappa shape index (κ3) is 8.86. The van der Waals surface area contributed by atoms with Gasteiger partial charge in [-0.1, -0.05) is 30.4 Å². The van der Waals surface area contributed by atoms with Gasteiger partial charge in [-0.05, 0) is 82.6 Å². The summed E-state index contributed by atoms with van der Waals surface area (Å²) < 4.78 is 37.2. The van der Waals surface area contributed by atoms with Gasteiger partial charge in [0.05, 0.1) is 12.7 Å². The minimum absolute atomic E-state index is 0.000877. The first-order valence-electron chi connectivity index (χ1n) is 15.9. The molecular weight excluding hydrogens is 540 g/mol. The van der Waals surface area contributed by atoms with E-state index in [2.05, 4.69) is 0 Å². The van der Waals surface area contributed by atoms with E-state index in [0.717, 1.165) is 49.8 Å². The number of benzene rings is 1. The predicted molar refractivity (Wildman–Crippen MR) is 154 cm³/mol. The molecule has 3 heterocycles. The van der Waals surface area contributed by atoms with Crippen molar-refractivity contribution in [3.63, 3.8) is 0 Å². The molecule has 0 amide bonds. The second-order valence-electron chi connectivity index (χ2n) is 11.9. The van der Waals surface area contributed by atoms with Crippen LogP contribution >= 0.6 is 0 Å². The van der Waals surface area contributed by atoms with Crippen molar-refractivity contribution in [1.29, 1.82) is 0 Å². The summed E-state index contributed by atoms with van der Waals surface area (Å²) >= 11 is 0. The van der Waals surface area contributed by atoms with Gasteiger partial charge in [0.25, 0.3) is 0 Å². The standard InChI is InChI=1S/C33H46O9/c34-26-21-29(41-32-16-8-10-20-38-32)25(24(26)12-3-1-2-4-14-30(35)36)17-18-28(40-31-15-7-9-19-37-31)33-39-22-23-11-5-6-13-27(23)42-33/h1,3,5-6,11,13,24-25,28-29,31-33H,2,4,7-10,12,14-22H2,(H,35,36)/b3-1-/t24-,25-,28+,29-,31?,32?,33?/m1/s1. The number of ether oxygens (including phenoxy) is 6. The first-order chi connectivity index (χ1) is 20.6. The highest BCUT2D eigenvalue weighted by Crippen LogP contribution is 2.40. The molecule has 1 N–H and O–H groups in total. The zero-order chi connectivity index (χ0) is 29.1. The molecule has 0 bridgehead atoms. The number of hydrogen-bond acceptors (Lipinski definition) is 8. The van der Waals surface area contributed by atoms with Crippen LogP contribution in [-0.4, -0.2) is 61.2 Å². The van der Waals surface area contributed by atoms with E-state index < -0.39 is 12.3 Å². The molecule has 2 saturated heterocycles. The lowest BCUT2D eigenvalue weighted by molar-refractivity contribution is -0.252. The summed E-state index contributed by atoms with van der Waals surface area (Å²) in [6.07, 6.45) is 11.9. The summed E-state index contributed by atoms with van der Waals surface area (Å²) in [6.45, 7) is 1.82. The molecule has 1 aliphatic carbocycles. The molecule has 232 valence electrons. The van der Waals surface area contributed by atoms with E-state index in [1.807, 2.05) is 36.4 Å². The highest BCUT2D eigenvalue weighted by atomic mass is 16.7. The summed E-state index contributed by atoms with van der Waals surface area (Å²) in [4.78, 5) is 24.1. The SMILES string of the molecule is O=C(O)CCC/C=C\C[C@H]1C(=O)C[C@@H](OC2CCCCO2)[C@@H]1CC[C@H](OC1CCCCO1)C1OCc2ccccc2O1. The first kappa shape index (κ1) is 31.1. The van der Waals surface area contributed by atoms with E-state index >= 15 is 0 Å². The van der Waals surface area contributed by atoms with Gasteiger partial charge in [0.2, 0.25) is 6.29 Å². The van der Waals surface area contributed by atoms with E-state index in [1.54, 1.807) is 0 Å².